The Balaban J connectivity index is 1.75. The number of carbonyl (C=O) groups is 2. The number of amides is 1. The van der Waals surface area contributed by atoms with Gasteiger partial charge < -0.3 is 89.9 Å². The number of carbonyl (C=O) groups excluding carboxylic acids is 1. The number of rotatable bonds is 22. The smallest absolute Gasteiger partial charge is 0.364 e. The van der Waals surface area contributed by atoms with Crippen LogP contribution < -0.4 is 5.32 Å². The molecule has 3 rings (SSSR count). The highest BCUT2D eigenvalue weighted by Crippen LogP contribution is 2.38. The minimum absolute atomic E-state index is 0.219. The lowest BCUT2D eigenvalue weighted by Crippen LogP contribution is -2.70. The molecule has 0 radical (unpaired) electrons. The summed E-state index contributed by atoms with van der Waals surface area (Å²) in [7, 11) is -1.66. The van der Waals surface area contributed by atoms with Crippen molar-refractivity contribution in [3.05, 3.63) is 0 Å². The standard InChI is InChI=1S/C35H65NO19Si/c1-5-6-7-8-9-10-12-56(3,4)13-11-50-32-27(46)26(45)29(22(17-39)52-32)53-33-28(47)31(25(44)21(16-38)51-33)55-35(34(48)49)14-19(41)23(36-18(2)40)30(54-35)24(43)20(42)15-37/h19-33,37-39,41-47H,5-17H2,1-4H3,(H,36,40)(H,48,49)/t19-,20+,21+,22+,23+,24+,25-,26+,27+,28+,29+,30+,31-,32+,33-,35-/m0/s1. The van der Waals surface area contributed by atoms with Crippen LogP contribution in [0.15, 0.2) is 0 Å². The van der Waals surface area contributed by atoms with Crippen molar-refractivity contribution in [3.8, 4) is 0 Å². The number of aliphatic carboxylic acids is 1. The molecule has 3 heterocycles. The molecule has 3 fully saturated rings. The summed E-state index contributed by atoms with van der Waals surface area (Å²) in [6.45, 7) is 5.18. The largest absolute Gasteiger partial charge is 0.477 e. The second kappa shape index (κ2) is 22.2. The van der Waals surface area contributed by atoms with Crippen molar-refractivity contribution in [2.45, 2.75) is 182 Å². The zero-order valence-electron chi connectivity index (χ0n) is 32.5. The maximum absolute atomic E-state index is 12.8. The number of hydrogen-bond donors (Lipinski definition) is 12. The van der Waals surface area contributed by atoms with Crippen LogP contribution in [0.3, 0.4) is 0 Å². The first kappa shape index (κ1) is 48.9. The highest BCUT2D eigenvalue weighted by molar-refractivity contribution is 6.77. The van der Waals surface area contributed by atoms with Gasteiger partial charge in [-0.1, -0.05) is 64.6 Å². The number of unbranched alkanes of at least 4 members (excludes halogenated alkanes) is 5. The molecule has 0 spiro atoms. The second-order valence-corrected chi connectivity index (χ2v) is 21.1. The van der Waals surface area contributed by atoms with Crippen molar-refractivity contribution in [2.75, 3.05) is 26.4 Å². The van der Waals surface area contributed by atoms with Gasteiger partial charge in [0.15, 0.2) is 12.6 Å². The molecule has 0 unspecified atom stereocenters. The molecule has 3 aliphatic heterocycles. The molecule has 0 aliphatic carbocycles. The fourth-order valence-electron chi connectivity index (χ4n) is 7.25. The summed E-state index contributed by atoms with van der Waals surface area (Å²) >= 11 is 0. The normalized spacial score (nSPS) is 37.9. The van der Waals surface area contributed by atoms with E-state index in [2.05, 4.69) is 25.3 Å². The van der Waals surface area contributed by atoms with Crippen molar-refractivity contribution in [1.82, 2.24) is 5.32 Å². The van der Waals surface area contributed by atoms with E-state index in [0.717, 1.165) is 31.9 Å². The highest BCUT2D eigenvalue weighted by atomic mass is 28.3. The summed E-state index contributed by atoms with van der Waals surface area (Å²) in [5.74, 6) is -5.70. The topological polar surface area (TPSA) is 324 Å². The zero-order valence-corrected chi connectivity index (χ0v) is 33.5. The van der Waals surface area contributed by atoms with Crippen LogP contribution in [0.4, 0.5) is 0 Å². The van der Waals surface area contributed by atoms with E-state index in [9.17, 15) is 65.8 Å². The van der Waals surface area contributed by atoms with Crippen LogP contribution in [-0.4, -0.2) is 200 Å². The van der Waals surface area contributed by atoms with Gasteiger partial charge in [0, 0.05) is 28.0 Å². The van der Waals surface area contributed by atoms with E-state index in [1.807, 2.05) is 0 Å². The van der Waals surface area contributed by atoms with Crippen molar-refractivity contribution in [1.29, 1.82) is 0 Å². The number of carboxylic acids is 1. The van der Waals surface area contributed by atoms with Gasteiger partial charge in [0.2, 0.25) is 5.91 Å². The van der Waals surface area contributed by atoms with Crippen molar-refractivity contribution in [3.63, 3.8) is 0 Å². The van der Waals surface area contributed by atoms with Gasteiger partial charge in [-0.15, -0.1) is 0 Å². The molecule has 0 bridgehead atoms. The SMILES string of the molecule is CCCCCCCC[Si](C)(C)CCO[C@@H]1O[C@H](CO)[C@@H](O[C@@H]2O[C@H](CO)[C@H](O)[C@H](O[C@]3(C(=O)O)C[C@H](O)[C@@H](NC(C)=O)[C@H]([C@H](O)[C@H](O)CO)O3)[C@H]2O)[C@H](O)[C@H]1O. The van der Waals surface area contributed by atoms with E-state index >= 15 is 0 Å². The molecular weight excluding hydrogens is 766 g/mol. The van der Waals surface area contributed by atoms with Crippen LogP contribution in [0.2, 0.25) is 25.2 Å². The van der Waals surface area contributed by atoms with E-state index in [0.29, 0.717) is 0 Å². The van der Waals surface area contributed by atoms with Crippen LogP contribution in [0.1, 0.15) is 58.8 Å². The molecule has 21 heteroatoms. The van der Waals surface area contributed by atoms with Crippen molar-refractivity contribution >= 4 is 20.0 Å². The summed E-state index contributed by atoms with van der Waals surface area (Å²) in [5.41, 5.74) is 0. The predicted molar refractivity (Wildman–Crippen MR) is 194 cm³/mol. The van der Waals surface area contributed by atoms with Gasteiger partial charge >= 0.3 is 5.97 Å². The third-order valence-corrected chi connectivity index (χ3v) is 14.0. The van der Waals surface area contributed by atoms with E-state index in [1.165, 1.54) is 25.7 Å². The molecule has 20 nitrogen and oxygen atoms in total. The molecule has 328 valence electrons. The van der Waals surface area contributed by atoms with E-state index < -0.39 is 144 Å². The molecule has 0 aromatic carbocycles. The van der Waals surface area contributed by atoms with Gasteiger partial charge in [-0.25, -0.2) is 4.79 Å². The molecule has 0 saturated carbocycles. The average Bonchev–Trinajstić information content (AvgIpc) is 3.15. The molecule has 1 amide bonds. The number of aliphatic hydroxyl groups is 10. The number of carboxylic acid groups (broad SMARTS) is 1. The third-order valence-electron chi connectivity index (χ3n) is 10.7. The van der Waals surface area contributed by atoms with Crippen LogP contribution in [0.5, 0.6) is 0 Å². The van der Waals surface area contributed by atoms with Gasteiger partial charge in [-0.2, -0.15) is 0 Å². The van der Waals surface area contributed by atoms with Gasteiger partial charge in [-0.05, 0) is 6.04 Å². The Morgan fingerprint density at radius 3 is 2.05 bits per heavy atom. The van der Waals surface area contributed by atoms with Gasteiger partial charge in [0.05, 0.1) is 32.0 Å². The maximum atomic E-state index is 12.8. The molecule has 3 aliphatic rings. The molecule has 12 N–H and O–H groups in total. The van der Waals surface area contributed by atoms with Crippen LogP contribution in [-0.2, 0) is 38.0 Å². The number of ether oxygens (including phenoxy) is 6. The van der Waals surface area contributed by atoms with Crippen LogP contribution in [0, 0.1) is 0 Å². The Hall–Kier alpha value is -1.48. The summed E-state index contributed by atoms with van der Waals surface area (Å²) in [6.07, 6.45) is -19.4. The first-order valence-corrected chi connectivity index (χ1v) is 22.8. The summed E-state index contributed by atoms with van der Waals surface area (Å²) in [5, 5.41) is 119. The number of aliphatic hydroxyl groups excluding tert-OH is 10. The Kier molecular flexibility index (Phi) is 19.4. The summed E-state index contributed by atoms with van der Waals surface area (Å²) < 4.78 is 34.2. The first-order chi connectivity index (χ1) is 26.4. The quantitative estimate of drug-likeness (QED) is 0.0379. The summed E-state index contributed by atoms with van der Waals surface area (Å²) in [6, 6.07) is 0.308. The Morgan fingerprint density at radius 2 is 1.46 bits per heavy atom. The fraction of sp³-hybridized carbons (Fsp3) is 0.943. The molecule has 3 saturated heterocycles. The van der Waals surface area contributed by atoms with E-state index in [1.54, 1.807) is 0 Å². The predicted octanol–water partition coefficient (Wildman–Crippen LogP) is -3.13. The maximum Gasteiger partial charge on any atom is 0.364 e. The minimum atomic E-state index is -3.02. The summed E-state index contributed by atoms with van der Waals surface area (Å²) in [4.78, 5) is 24.7. The highest BCUT2D eigenvalue weighted by Gasteiger charge is 2.60. The molecule has 0 aromatic heterocycles. The zero-order chi connectivity index (χ0) is 42.0. The molecular formula is C35H65NO19Si. The Morgan fingerprint density at radius 1 is 0.839 bits per heavy atom. The van der Waals surface area contributed by atoms with Crippen molar-refractivity contribution in [2.24, 2.45) is 0 Å². The average molecular weight is 832 g/mol. The Labute approximate surface area is 327 Å². The monoisotopic (exact) mass is 831 g/mol. The fourth-order valence-corrected chi connectivity index (χ4v) is 9.37. The second-order valence-electron chi connectivity index (χ2n) is 15.8. The Bertz CT molecular complexity index is 1200. The van der Waals surface area contributed by atoms with Crippen LogP contribution >= 0.6 is 0 Å². The lowest BCUT2D eigenvalue weighted by molar-refractivity contribution is -0.386. The van der Waals surface area contributed by atoms with Gasteiger partial charge in [0.1, 0.15) is 67.1 Å². The van der Waals surface area contributed by atoms with Gasteiger partial charge in [0.25, 0.3) is 5.79 Å². The van der Waals surface area contributed by atoms with Gasteiger partial charge in [-0.3, -0.25) is 4.79 Å². The van der Waals surface area contributed by atoms with E-state index in [-0.39, 0.29) is 6.61 Å². The molecule has 0 aromatic rings. The lowest BCUT2D eigenvalue weighted by atomic mass is 9.88. The lowest BCUT2D eigenvalue weighted by Gasteiger charge is -2.50. The minimum Gasteiger partial charge on any atom is -0.477 e. The van der Waals surface area contributed by atoms with E-state index in [4.69, 9.17) is 28.4 Å². The third kappa shape index (κ3) is 12.5. The molecule has 16 atom stereocenters. The molecule has 56 heavy (non-hydrogen) atoms. The number of nitrogens with one attached hydrogen (secondary N) is 1. The first-order valence-electron chi connectivity index (χ1n) is 19.4. The number of hydrogen-bond acceptors (Lipinski definition) is 18. The van der Waals surface area contributed by atoms with Crippen molar-refractivity contribution < 1.29 is 94.2 Å². The van der Waals surface area contributed by atoms with Crippen LogP contribution in [0.25, 0.3) is 0 Å².